The Morgan fingerprint density at radius 2 is 2.17 bits per heavy atom. The van der Waals surface area contributed by atoms with Crippen molar-refractivity contribution in [1.82, 2.24) is 0 Å². The first-order valence-corrected chi connectivity index (χ1v) is 4.28. The van der Waals surface area contributed by atoms with Gasteiger partial charge in [-0.05, 0) is 36.8 Å². The molecule has 0 fully saturated rings. The van der Waals surface area contributed by atoms with E-state index in [-0.39, 0.29) is 0 Å². The summed E-state index contributed by atoms with van der Waals surface area (Å²) in [5.41, 5.74) is 1.89. The summed E-state index contributed by atoms with van der Waals surface area (Å²) < 4.78 is 4.90. The highest BCUT2D eigenvalue weighted by Gasteiger charge is 2.05. The van der Waals surface area contributed by atoms with E-state index in [1.165, 1.54) is 0 Å². The molecular weight excluding hydrogens is 192 g/mol. The van der Waals surface area contributed by atoms with Crippen molar-refractivity contribution >= 4 is 28.9 Å². The van der Waals surface area contributed by atoms with Crippen molar-refractivity contribution in [2.45, 2.75) is 6.92 Å². The maximum absolute atomic E-state index is 5.94. The molecule has 12 heavy (non-hydrogen) atoms. The predicted molar refractivity (Wildman–Crippen MR) is 54.9 cm³/mol. The zero-order valence-electron chi connectivity index (χ0n) is 6.93. The molecule has 0 atom stereocenters. The van der Waals surface area contributed by atoms with Crippen LogP contribution >= 0.6 is 23.8 Å². The van der Waals surface area contributed by atoms with E-state index in [0.717, 1.165) is 11.1 Å². The first-order chi connectivity index (χ1) is 5.65. The van der Waals surface area contributed by atoms with Crippen LogP contribution in [0, 0.1) is 6.92 Å². The van der Waals surface area contributed by atoms with Crippen LogP contribution in [0.2, 0.25) is 5.02 Å². The normalized spacial score (nSPS) is 9.58. The summed E-state index contributed by atoms with van der Waals surface area (Å²) in [5, 5.41) is 1.07. The van der Waals surface area contributed by atoms with E-state index in [2.05, 4.69) is 0 Å². The third kappa shape index (κ3) is 1.96. The van der Waals surface area contributed by atoms with Crippen molar-refractivity contribution in [3.05, 3.63) is 34.3 Å². The van der Waals surface area contributed by atoms with Crippen LogP contribution in [0.4, 0.5) is 0 Å². The number of hydrogen-bond donors (Lipinski definition) is 0. The Balaban J connectivity index is 3.09. The second kappa shape index (κ2) is 3.87. The van der Waals surface area contributed by atoms with E-state index in [9.17, 15) is 0 Å². The highest BCUT2D eigenvalue weighted by molar-refractivity contribution is 7.80. The molecule has 0 aliphatic heterocycles. The molecule has 0 aliphatic carbocycles. The first kappa shape index (κ1) is 9.49. The number of thiocarbonyl (C=S) groups is 1. The minimum absolute atomic E-state index is 0.431. The monoisotopic (exact) mass is 200 g/mol. The summed E-state index contributed by atoms with van der Waals surface area (Å²) in [5.74, 6) is 0. The van der Waals surface area contributed by atoms with E-state index < -0.39 is 0 Å². The second-order valence-corrected chi connectivity index (χ2v) is 3.25. The molecular formula is C9H9ClOS. The molecule has 0 unspecified atom stereocenters. The molecule has 0 saturated carbocycles. The highest BCUT2D eigenvalue weighted by Crippen LogP contribution is 2.18. The minimum atomic E-state index is 0.431. The van der Waals surface area contributed by atoms with E-state index in [4.69, 9.17) is 28.6 Å². The predicted octanol–water partition coefficient (Wildman–Crippen LogP) is 2.97. The topological polar surface area (TPSA) is 9.23 Å². The lowest BCUT2D eigenvalue weighted by atomic mass is 10.2. The Kier molecular flexibility index (Phi) is 3.06. The molecule has 0 radical (unpaired) electrons. The van der Waals surface area contributed by atoms with Gasteiger partial charge in [-0.1, -0.05) is 17.7 Å². The largest absolute Gasteiger partial charge is 0.486 e. The third-order valence-electron chi connectivity index (χ3n) is 1.53. The number of ether oxygens (including phenoxy) is 1. The van der Waals surface area contributed by atoms with Crippen LogP contribution in [-0.4, -0.2) is 12.2 Å². The fraction of sp³-hybridized carbons (Fsp3) is 0.222. The number of halogens is 1. The zero-order chi connectivity index (χ0) is 9.14. The van der Waals surface area contributed by atoms with Gasteiger partial charge in [-0.25, -0.2) is 0 Å². The van der Waals surface area contributed by atoms with Crippen molar-refractivity contribution in [2.75, 3.05) is 7.11 Å². The van der Waals surface area contributed by atoms with Gasteiger partial charge >= 0.3 is 0 Å². The van der Waals surface area contributed by atoms with Gasteiger partial charge in [0.25, 0.3) is 0 Å². The van der Waals surface area contributed by atoms with Crippen LogP contribution in [0.3, 0.4) is 0 Å². The van der Waals surface area contributed by atoms with Crippen LogP contribution in [0.15, 0.2) is 18.2 Å². The molecule has 0 bridgehead atoms. The average molecular weight is 201 g/mol. The lowest BCUT2D eigenvalue weighted by Gasteiger charge is -2.04. The van der Waals surface area contributed by atoms with Crippen molar-refractivity contribution < 1.29 is 4.74 Å². The molecule has 1 aromatic carbocycles. The Morgan fingerprint density at radius 3 is 2.67 bits per heavy atom. The van der Waals surface area contributed by atoms with Crippen molar-refractivity contribution in [3.8, 4) is 0 Å². The molecule has 0 aliphatic rings. The van der Waals surface area contributed by atoms with Gasteiger partial charge in [0.15, 0.2) is 5.05 Å². The quantitative estimate of drug-likeness (QED) is 0.645. The van der Waals surface area contributed by atoms with Gasteiger partial charge < -0.3 is 4.74 Å². The van der Waals surface area contributed by atoms with Gasteiger partial charge in [0.2, 0.25) is 0 Å². The molecule has 0 N–H and O–H groups in total. The van der Waals surface area contributed by atoms with Gasteiger partial charge in [0.05, 0.1) is 12.1 Å². The van der Waals surface area contributed by atoms with Gasteiger partial charge in [-0.15, -0.1) is 0 Å². The van der Waals surface area contributed by atoms with E-state index in [1.54, 1.807) is 7.11 Å². The molecule has 1 rings (SSSR count). The van der Waals surface area contributed by atoms with Gasteiger partial charge in [-0.3, -0.25) is 0 Å². The van der Waals surface area contributed by atoms with Crippen LogP contribution in [0.1, 0.15) is 11.1 Å². The number of methoxy groups -OCH3 is 1. The first-order valence-electron chi connectivity index (χ1n) is 3.49. The summed E-state index contributed by atoms with van der Waals surface area (Å²) in [6.07, 6.45) is 0. The SMILES string of the molecule is COC(=S)c1ccc(C)cc1Cl. The van der Waals surface area contributed by atoms with Crippen LogP contribution < -0.4 is 0 Å². The Morgan fingerprint density at radius 1 is 1.50 bits per heavy atom. The molecule has 0 aromatic heterocycles. The molecule has 3 heteroatoms. The maximum Gasteiger partial charge on any atom is 0.192 e. The second-order valence-electron chi connectivity index (χ2n) is 2.47. The fourth-order valence-corrected chi connectivity index (χ4v) is 1.45. The number of hydrogen-bond acceptors (Lipinski definition) is 2. The summed E-state index contributed by atoms with van der Waals surface area (Å²) >= 11 is 10.9. The van der Waals surface area contributed by atoms with Gasteiger partial charge in [-0.2, -0.15) is 0 Å². The molecule has 64 valence electrons. The fourth-order valence-electron chi connectivity index (χ4n) is 0.896. The molecule has 1 aromatic rings. The minimum Gasteiger partial charge on any atom is -0.486 e. The molecule has 0 amide bonds. The summed E-state index contributed by atoms with van der Waals surface area (Å²) in [6, 6.07) is 5.68. The molecule has 0 spiro atoms. The summed E-state index contributed by atoms with van der Waals surface area (Å²) in [7, 11) is 1.54. The highest BCUT2D eigenvalue weighted by atomic mass is 35.5. The summed E-state index contributed by atoms with van der Waals surface area (Å²) in [4.78, 5) is 0. The van der Waals surface area contributed by atoms with Crippen LogP contribution in [0.5, 0.6) is 0 Å². The lowest BCUT2D eigenvalue weighted by molar-refractivity contribution is 0.416. The van der Waals surface area contributed by atoms with Crippen LogP contribution in [0.25, 0.3) is 0 Å². The molecule has 1 nitrogen and oxygen atoms in total. The van der Waals surface area contributed by atoms with E-state index in [1.807, 2.05) is 25.1 Å². The summed E-state index contributed by atoms with van der Waals surface area (Å²) in [6.45, 7) is 1.98. The lowest BCUT2D eigenvalue weighted by Crippen LogP contribution is -2.00. The Bertz CT molecular complexity index is 309. The Hall–Kier alpha value is -0.600. The van der Waals surface area contributed by atoms with Gasteiger partial charge in [0.1, 0.15) is 0 Å². The number of benzene rings is 1. The average Bonchev–Trinajstić information content (AvgIpc) is 2.03. The van der Waals surface area contributed by atoms with E-state index in [0.29, 0.717) is 10.1 Å². The standard InChI is InChI=1S/C9H9ClOS/c1-6-3-4-7(8(10)5-6)9(12)11-2/h3-5H,1-2H3. The maximum atomic E-state index is 5.94. The van der Waals surface area contributed by atoms with Crippen molar-refractivity contribution in [1.29, 1.82) is 0 Å². The van der Waals surface area contributed by atoms with Crippen molar-refractivity contribution in [3.63, 3.8) is 0 Å². The Labute approximate surface area is 82.3 Å². The number of aryl methyl sites for hydroxylation is 1. The van der Waals surface area contributed by atoms with Gasteiger partial charge in [0, 0.05) is 5.56 Å². The molecule has 0 heterocycles. The van der Waals surface area contributed by atoms with Crippen LogP contribution in [-0.2, 0) is 4.74 Å². The molecule has 0 saturated heterocycles. The van der Waals surface area contributed by atoms with E-state index >= 15 is 0 Å². The van der Waals surface area contributed by atoms with Crippen molar-refractivity contribution in [2.24, 2.45) is 0 Å². The zero-order valence-corrected chi connectivity index (χ0v) is 8.50. The third-order valence-corrected chi connectivity index (χ3v) is 2.23. The number of rotatable bonds is 1. The smallest absolute Gasteiger partial charge is 0.192 e.